The summed E-state index contributed by atoms with van der Waals surface area (Å²) < 4.78 is 26.5. The molecule has 4 rings (SSSR count). The van der Waals surface area contributed by atoms with Crippen LogP contribution in [0.5, 0.6) is 11.5 Å². The number of carbonyl (C=O) groups is 1. The van der Waals surface area contributed by atoms with E-state index in [0.29, 0.717) is 18.1 Å². The maximum atomic E-state index is 13.1. The van der Waals surface area contributed by atoms with E-state index in [-0.39, 0.29) is 24.1 Å². The largest absolute Gasteiger partial charge is 0.490 e. The number of benzene rings is 3. The van der Waals surface area contributed by atoms with Crippen LogP contribution in [0.4, 0.5) is 4.39 Å². The highest BCUT2D eigenvalue weighted by molar-refractivity contribution is 8.01. The lowest BCUT2D eigenvalue weighted by Crippen LogP contribution is -2.19. The second kappa shape index (κ2) is 11.6. The standard InChI is InChI=1S/C25H22FN3O3S2/c1-2-31-22-13-18(9-12-21(22)32-15-17-7-10-19(26)11-8-17)14-27-29-24(30)16-33-25-28-20-5-3-4-6-23(20)34-25/h3-14H,2,15-16H2,1H3,(H,29,30)/b27-14-. The van der Waals surface area contributed by atoms with Gasteiger partial charge >= 0.3 is 0 Å². The number of carbonyl (C=O) groups excluding carboxylic acids is 1. The zero-order chi connectivity index (χ0) is 23.8. The van der Waals surface area contributed by atoms with Gasteiger partial charge in [-0.1, -0.05) is 36.0 Å². The highest BCUT2D eigenvalue weighted by atomic mass is 32.2. The Morgan fingerprint density at radius 1 is 1.12 bits per heavy atom. The lowest BCUT2D eigenvalue weighted by Gasteiger charge is -2.12. The van der Waals surface area contributed by atoms with Crippen molar-refractivity contribution >= 4 is 45.4 Å². The number of thioether (sulfide) groups is 1. The van der Waals surface area contributed by atoms with Crippen molar-refractivity contribution in [1.82, 2.24) is 10.4 Å². The number of halogens is 1. The van der Waals surface area contributed by atoms with Crippen LogP contribution in [-0.4, -0.2) is 29.5 Å². The van der Waals surface area contributed by atoms with E-state index < -0.39 is 0 Å². The summed E-state index contributed by atoms with van der Waals surface area (Å²) in [7, 11) is 0. The van der Waals surface area contributed by atoms with Gasteiger partial charge in [-0.2, -0.15) is 5.10 Å². The molecule has 0 bridgehead atoms. The Kier molecular flexibility index (Phi) is 8.11. The van der Waals surface area contributed by atoms with E-state index in [0.717, 1.165) is 25.7 Å². The molecule has 1 heterocycles. The highest BCUT2D eigenvalue weighted by Gasteiger charge is 2.08. The molecule has 0 saturated heterocycles. The number of para-hydroxylation sites is 1. The normalized spacial score (nSPS) is 11.1. The van der Waals surface area contributed by atoms with Crippen LogP contribution >= 0.6 is 23.1 Å². The molecule has 0 spiro atoms. The van der Waals surface area contributed by atoms with Crippen LogP contribution in [-0.2, 0) is 11.4 Å². The molecule has 1 N–H and O–H groups in total. The van der Waals surface area contributed by atoms with Crippen molar-refractivity contribution in [2.45, 2.75) is 17.9 Å². The quantitative estimate of drug-likeness (QED) is 0.175. The fourth-order valence-corrected chi connectivity index (χ4v) is 4.85. The average molecular weight is 496 g/mol. The molecule has 9 heteroatoms. The molecule has 6 nitrogen and oxygen atoms in total. The monoisotopic (exact) mass is 495 g/mol. The van der Waals surface area contributed by atoms with Crippen LogP contribution in [0.3, 0.4) is 0 Å². The summed E-state index contributed by atoms with van der Waals surface area (Å²) in [6.45, 7) is 2.64. The first-order valence-corrected chi connectivity index (χ1v) is 12.4. The Labute approximate surface area is 204 Å². The van der Waals surface area contributed by atoms with Crippen LogP contribution in [0.25, 0.3) is 10.2 Å². The number of thiazole rings is 1. The van der Waals surface area contributed by atoms with Gasteiger partial charge in [0.25, 0.3) is 5.91 Å². The van der Waals surface area contributed by atoms with Gasteiger partial charge in [0, 0.05) is 0 Å². The van der Waals surface area contributed by atoms with Gasteiger partial charge in [0.15, 0.2) is 15.8 Å². The number of hydrogen-bond acceptors (Lipinski definition) is 7. The summed E-state index contributed by atoms with van der Waals surface area (Å²) in [5.74, 6) is 0.845. The van der Waals surface area contributed by atoms with Crippen LogP contribution in [0.1, 0.15) is 18.1 Å². The lowest BCUT2D eigenvalue weighted by molar-refractivity contribution is -0.118. The Morgan fingerprint density at radius 3 is 2.74 bits per heavy atom. The smallest absolute Gasteiger partial charge is 0.250 e. The van der Waals surface area contributed by atoms with E-state index in [1.165, 1.54) is 23.9 Å². The van der Waals surface area contributed by atoms with Crippen molar-refractivity contribution in [3.63, 3.8) is 0 Å². The Hall–Kier alpha value is -3.43. The summed E-state index contributed by atoms with van der Waals surface area (Å²) in [6.07, 6.45) is 1.55. The molecule has 0 saturated carbocycles. The van der Waals surface area contributed by atoms with E-state index in [1.54, 1.807) is 41.8 Å². The fourth-order valence-electron chi connectivity index (χ4n) is 2.99. The van der Waals surface area contributed by atoms with Crippen molar-refractivity contribution in [2.24, 2.45) is 5.10 Å². The predicted octanol–water partition coefficient (Wildman–Crippen LogP) is 5.66. The minimum Gasteiger partial charge on any atom is -0.490 e. The van der Waals surface area contributed by atoms with E-state index in [1.807, 2.05) is 37.3 Å². The number of nitrogens with zero attached hydrogens (tertiary/aromatic N) is 2. The number of amides is 1. The zero-order valence-corrected chi connectivity index (χ0v) is 20.0. The molecule has 3 aromatic carbocycles. The van der Waals surface area contributed by atoms with Crippen LogP contribution in [0.15, 0.2) is 76.2 Å². The maximum absolute atomic E-state index is 13.1. The predicted molar refractivity (Wildman–Crippen MR) is 134 cm³/mol. The Balaban J connectivity index is 1.31. The number of nitrogens with one attached hydrogen (secondary N) is 1. The Morgan fingerprint density at radius 2 is 1.94 bits per heavy atom. The van der Waals surface area contributed by atoms with Gasteiger partial charge in [0.05, 0.1) is 28.8 Å². The van der Waals surface area contributed by atoms with Crippen molar-refractivity contribution in [3.05, 3.63) is 83.7 Å². The van der Waals surface area contributed by atoms with Crippen molar-refractivity contribution in [3.8, 4) is 11.5 Å². The molecule has 0 unspecified atom stereocenters. The first-order chi connectivity index (χ1) is 16.6. The number of ether oxygens (including phenoxy) is 2. The SMILES string of the molecule is CCOc1cc(/C=N\NC(=O)CSc2nc3ccccc3s2)ccc1OCc1ccc(F)cc1. The van der Waals surface area contributed by atoms with Gasteiger partial charge in [-0.25, -0.2) is 14.8 Å². The van der Waals surface area contributed by atoms with Crippen molar-refractivity contribution in [1.29, 1.82) is 0 Å². The first kappa shape index (κ1) is 23.7. The third-order valence-corrected chi connectivity index (χ3v) is 6.76. The van der Waals surface area contributed by atoms with Gasteiger partial charge in [-0.3, -0.25) is 4.79 Å². The zero-order valence-electron chi connectivity index (χ0n) is 18.4. The number of aromatic nitrogens is 1. The minimum absolute atomic E-state index is 0.218. The van der Waals surface area contributed by atoms with E-state index in [4.69, 9.17) is 9.47 Å². The number of fused-ring (bicyclic) bond motifs is 1. The van der Waals surface area contributed by atoms with Gasteiger partial charge < -0.3 is 9.47 Å². The van der Waals surface area contributed by atoms with Crippen molar-refractivity contribution in [2.75, 3.05) is 12.4 Å². The van der Waals surface area contributed by atoms with E-state index >= 15 is 0 Å². The number of rotatable bonds is 10. The molecule has 0 fully saturated rings. The van der Waals surface area contributed by atoms with Crippen LogP contribution < -0.4 is 14.9 Å². The van der Waals surface area contributed by atoms with Gasteiger partial charge in [0.1, 0.15) is 12.4 Å². The molecular weight excluding hydrogens is 473 g/mol. The fraction of sp³-hybridized carbons (Fsp3) is 0.160. The first-order valence-electron chi connectivity index (χ1n) is 10.5. The molecule has 174 valence electrons. The topological polar surface area (TPSA) is 72.8 Å². The third kappa shape index (κ3) is 6.55. The van der Waals surface area contributed by atoms with Crippen molar-refractivity contribution < 1.29 is 18.7 Å². The van der Waals surface area contributed by atoms with E-state index in [2.05, 4.69) is 15.5 Å². The summed E-state index contributed by atoms with van der Waals surface area (Å²) in [5.41, 5.74) is 5.07. The molecule has 4 aromatic rings. The highest BCUT2D eigenvalue weighted by Crippen LogP contribution is 2.30. The maximum Gasteiger partial charge on any atom is 0.250 e. The Bertz CT molecular complexity index is 1260. The van der Waals surface area contributed by atoms with E-state index in [9.17, 15) is 9.18 Å². The van der Waals surface area contributed by atoms with Crippen LogP contribution in [0, 0.1) is 5.82 Å². The lowest BCUT2D eigenvalue weighted by atomic mass is 10.2. The third-order valence-electron chi connectivity index (χ3n) is 4.58. The number of hydrogen-bond donors (Lipinski definition) is 1. The molecule has 34 heavy (non-hydrogen) atoms. The molecule has 1 aromatic heterocycles. The van der Waals surface area contributed by atoms with Gasteiger partial charge in [0.2, 0.25) is 0 Å². The second-order valence-electron chi connectivity index (χ2n) is 7.08. The molecule has 0 atom stereocenters. The summed E-state index contributed by atoms with van der Waals surface area (Å²) in [6, 6.07) is 19.4. The van der Waals surface area contributed by atoms with Gasteiger partial charge in [-0.15, -0.1) is 11.3 Å². The number of hydrazone groups is 1. The average Bonchev–Trinajstić information content (AvgIpc) is 3.27. The molecule has 0 aliphatic rings. The summed E-state index contributed by atoms with van der Waals surface area (Å²) in [4.78, 5) is 16.7. The summed E-state index contributed by atoms with van der Waals surface area (Å²) >= 11 is 2.94. The molecular formula is C25H22FN3O3S2. The molecule has 0 radical (unpaired) electrons. The minimum atomic E-state index is -0.287. The second-order valence-corrected chi connectivity index (χ2v) is 9.34. The van der Waals surface area contributed by atoms with Gasteiger partial charge in [-0.05, 0) is 60.5 Å². The molecule has 0 aliphatic heterocycles. The molecule has 0 aliphatic carbocycles. The van der Waals surface area contributed by atoms with Crippen LogP contribution in [0.2, 0.25) is 0 Å². The molecule has 1 amide bonds. The summed E-state index contributed by atoms with van der Waals surface area (Å²) in [5, 5.41) is 4.04.